The molecule has 0 aromatic heterocycles. The van der Waals surface area contributed by atoms with Gasteiger partial charge in [0.1, 0.15) is 12.4 Å². The van der Waals surface area contributed by atoms with Crippen LogP contribution >= 0.6 is 11.6 Å². The van der Waals surface area contributed by atoms with Crippen molar-refractivity contribution in [3.05, 3.63) is 64.2 Å². The van der Waals surface area contributed by atoms with Gasteiger partial charge in [-0.3, -0.25) is 4.79 Å². The predicted molar refractivity (Wildman–Crippen MR) is 88.2 cm³/mol. The Morgan fingerprint density at radius 1 is 1.09 bits per heavy atom. The molecular formula is C18H17ClO4. The molecule has 2 aromatic carbocycles. The van der Waals surface area contributed by atoms with Crippen molar-refractivity contribution in [1.82, 2.24) is 0 Å². The first-order valence-corrected chi connectivity index (χ1v) is 7.58. The molecule has 0 aliphatic heterocycles. The molecule has 0 heterocycles. The molecule has 0 N–H and O–H groups in total. The van der Waals surface area contributed by atoms with Crippen molar-refractivity contribution < 1.29 is 19.1 Å². The van der Waals surface area contributed by atoms with Gasteiger partial charge in [-0.1, -0.05) is 23.7 Å². The van der Waals surface area contributed by atoms with E-state index in [2.05, 4.69) is 0 Å². The molecule has 0 unspecified atom stereocenters. The minimum atomic E-state index is -0.341. The van der Waals surface area contributed by atoms with Crippen LogP contribution in [0.25, 0.3) is 0 Å². The van der Waals surface area contributed by atoms with Crippen LogP contribution in [0.4, 0.5) is 0 Å². The van der Waals surface area contributed by atoms with Crippen molar-refractivity contribution in [2.24, 2.45) is 0 Å². The Balaban J connectivity index is 1.99. The summed E-state index contributed by atoms with van der Waals surface area (Å²) in [5, 5.41) is 0.368. The van der Waals surface area contributed by atoms with Crippen LogP contribution in [-0.2, 0) is 11.3 Å². The van der Waals surface area contributed by atoms with E-state index in [4.69, 9.17) is 21.1 Å². The van der Waals surface area contributed by atoms with E-state index in [9.17, 15) is 9.59 Å². The first kappa shape index (κ1) is 17.0. The van der Waals surface area contributed by atoms with Gasteiger partial charge in [-0.2, -0.15) is 0 Å². The summed E-state index contributed by atoms with van der Waals surface area (Å²) in [6.07, 6.45) is 0. The average molecular weight is 333 g/mol. The highest BCUT2D eigenvalue weighted by atomic mass is 35.5. The zero-order chi connectivity index (χ0) is 16.8. The zero-order valence-electron chi connectivity index (χ0n) is 13.0. The molecule has 2 rings (SSSR count). The maximum absolute atomic E-state index is 11.6. The lowest BCUT2D eigenvalue weighted by molar-refractivity contribution is 0.0526. The van der Waals surface area contributed by atoms with Gasteiger partial charge in [-0.05, 0) is 49.7 Å². The number of halogens is 1. The topological polar surface area (TPSA) is 52.6 Å². The van der Waals surface area contributed by atoms with Gasteiger partial charge < -0.3 is 9.47 Å². The number of carbonyl (C=O) groups is 2. The summed E-state index contributed by atoms with van der Waals surface area (Å²) < 4.78 is 10.6. The highest BCUT2D eigenvalue weighted by Crippen LogP contribution is 2.23. The summed E-state index contributed by atoms with van der Waals surface area (Å²) in [5.74, 6) is 0.150. The van der Waals surface area contributed by atoms with E-state index in [-0.39, 0.29) is 11.8 Å². The van der Waals surface area contributed by atoms with Crippen LogP contribution in [0.2, 0.25) is 5.02 Å². The number of rotatable bonds is 6. The molecule has 0 aliphatic carbocycles. The van der Waals surface area contributed by atoms with Crippen LogP contribution in [0.1, 0.15) is 40.1 Å². The Bertz CT molecular complexity index is 707. The molecule has 0 atom stereocenters. The molecule has 120 valence electrons. The number of hydrogen-bond acceptors (Lipinski definition) is 4. The van der Waals surface area contributed by atoms with E-state index < -0.39 is 0 Å². The summed E-state index contributed by atoms with van der Waals surface area (Å²) in [5.41, 5.74) is 1.88. The number of carbonyl (C=O) groups excluding carboxylic acids is 2. The van der Waals surface area contributed by atoms with E-state index >= 15 is 0 Å². The second-order valence-electron chi connectivity index (χ2n) is 4.90. The van der Waals surface area contributed by atoms with Crippen molar-refractivity contribution in [3.8, 4) is 5.75 Å². The monoisotopic (exact) mass is 332 g/mol. The van der Waals surface area contributed by atoms with Crippen LogP contribution in [0.15, 0.2) is 42.5 Å². The second kappa shape index (κ2) is 7.79. The number of ether oxygens (including phenoxy) is 2. The quantitative estimate of drug-likeness (QED) is 0.584. The molecule has 0 aliphatic rings. The molecule has 5 heteroatoms. The standard InChI is InChI=1S/C18H17ClO4/c1-3-22-18(21)14-6-4-13(5-7-14)11-23-15-8-9-16(12(2)20)17(19)10-15/h4-10H,3,11H2,1-2H3. The summed E-state index contributed by atoms with van der Waals surface area (Å²) in [6, 6.07) is 12.0. The van der Waals surface area contributed by atoms with Crippen LogP contribution < -0.4 is 4.74 Å². The zero-order valence-corrected chi connectivity index (χ0v) is 13.7. The third-order valence-corrected chi connectivity index (χ3v) is 3.50. The molecule has 0 bridgehead atoms. The van der Waals surface area contributed by atoms with Gasteiger partial charge in [0.05, 0.1) is 17.2 Å². The van der Waals surface area contributed by atoms with Gasteiger partial charge in [0, 0.05) is 5.56 Å². The largest absolute Gasteiger partial charge is 0.489 e. The van der Waals surface area contributed by atoms with Crippen LogP contribution in [-0.4, -0.2) is 18.4 Å². The van der Waals surface area contributed by atoms with E-state index in [1.165, 1.54) is 6.92 Å². The number of hydrogen-bond donors (Lipinski definition) is 0. The fraction of sp³-hybridized carbons (Fsp3) is 0.222. The predicted octanol–water partition coefficient (Wildman–Crippen LogP) is 4.30. The van der Waals surface area contributed by atoms with Crippen LogP contribution in [0, 0.1) is 0 Å². The van der Waals surface area contributed by atoms with Crippen molar-refractivity contribution in [2.45, 2.75) is 20.5 Å². The highest BCUT2D eigenvalue weighted by molar-refractivity contribution is 6.34. The van der Waals surface area contributed by atoms with Gasteiger partial charge in [0.15, 0.2) is 5.78 Å². The molecule has 0 amide bonds. The Labute approximate surface area is 140 Å². The lowest BCUT2D eigenvalue weighted by atomic mass is 10.1. The van der Waals surface area contributed by atoms with Gasteiger partial charge in [0.25, 0.3) is 0 Å². The number of benzene rings is 2. The van der Waals surface area contributed by atoms with Gasteiger partial charge in [0.2, 0.25) is 0 Å². The van der Waals surface area contributed by atoms with E-state index in [1.54, 1.807) is 49.4 Å². The van der Waals surface area contributed by atoms with E-state index in [1.807, 2.05) is 0 Å². The number of esters is 1. The molecule has 0 saturated carbocycles. The Hall–Kier alpha value is -2.33. The molecule has 0 radical (unpaired) electrons. The summed E-state index contributed by atoms with van der Waals surface area (Å²) in [7, 11) is 0. The SMILES string of the molecule is CCOC(=O)c1ccc(COc2ccc(C(C)=O)c(Cl)c2)cc1. The third kappa shape index (κ3) is 4.57. The van der Waals surface area contributed by atoms with Crippen LogP contribution in [0.5, 0.6) is 5.75 Å². The molecule has 0 fully saturated rings. The molecule has 2 aromatic rings. The lowest BCUT2D eigenvalue weighted by Gasteiger charge is -2.09. The Kier molecular flexibility index (Phi) is 5.77. The lowest BCUT2D eigenvalue weighted by Crippen LogP contribution is -2.05. The fourth-order valence-corrected chi connectivity index (χ4v) is 2.29. The second-order valence-corrected chi connectivity index (χ2v) is 5.31. The van der Waals surface area contributed by atoms with Gasteiger partial charge in [-0.25, -0.2) is 4.79 Å². The highest BCUT2D eigenvalue weighted by Gasteiger charge is 2.08. The molecule has 23 heavy (non-hydrogen) atoms. The number of Topliss-reactive ketones (excluding diaryl/α,β-unsaturated/α-hetero) is 1. The normalized spacial score (nSPS) is 10.2. The maximum Gasteiger partial charge on any atom is 0.338 e. The van der Waals surface area contributed by atoms with E-state index in [0.29, 0.717) is 35.1 Å². The van der Waals surface area contributed by atoms with Gasteiger partial charge in [-0.15, -0.1) is 0 Å². The fourth-order valence-electron chi connectivity index (χ4n) is 1.99. The van der Waals surface area contributed by atoms with Crippen molar-refractivity contribution in [2.75, 3.05) is 6.61 Å². The molecule has 4 nitrogen and oxygen atoms in total. The molecule has 0 spiro atoms. The Morgan fingerprint density at radius 2 is 1.78 bits per heavy atom. The smallest absolute Gasteiger partial charge is 0.338 e. The first-order chi connectivity index (χ1) is 11.0. The maximum atomic E-state index is 11.6. The average Bonchev–Trinajstić information content (AvgIpc) is 2.53. The van der Waals surface area contributed by atoms with Crippen molar-refractivity contribution in [1.29, 1.82) is 0 Å². The summed E-state index contributed by atoms with van der Waals surface area (Å²) >= 11 is 6.04. The Morgan fingerprint density at radius 3 is 2.35 bits per heavy atom. The van der Waals surface area contributed by atoms with Gasteiger partial charge >= 0.3 is 5.97 Å². The molecule has 0 saturated heterocycles. The van der Waals surface area contributed by atoms with E-state index in [0.717, 1.165) is 5.56 Å². The molecular weight excluding hydrogens is 316 g/mol. The third-order valence-electron chi connectivity index (χ3n) is 3.19. The van der Waals surface area contributed by atoms with Crippen molar-refractivity contribution >= 4 is 23.4 Å². The summed E-state index contributed by atoms with van der Waals surface area (Å²) in [4.78, 5) is 22.9. The van der Waals surface area contributed by atoms with Crippen LogP contribution in [0.3, 0.4) is 0 Å². The first-order valence-electron chi connectivity index (χ1n) is 7.20. The number of ketones is 1. The minimum absolute atomic E-state index is 0.0869. The minimum Gasteiger partial charge on any atom is -0.489 e. The van der Waals surface area contributed by atoms with Crippen molar-refractivity contribution in [3.63, 3.8) is 0 Å². The summed E-state index contributed by atoms with van der Waals surface area (Å²) in [6.45, 7) is 3.91.